The van der Waals surface area contributed by atoms with E-state index in [0.29, 0.717) is 12.1 Å². The molecule has 1 aliphatic heterocycles. The van der Waals surface area contributed by atoms with E-state index in [1.165, 1.54) is 10.6 Å². The molecule has 5 heteroatoms. The van der Waals surface area contributed by atoms with Gasteiger partial charge in [0, 0.05) is 36.6 Å². The summed E-state index contributed by atoms with van der Waals surface area (Å²) in [6.45, 7) is 9.94. The molecule has 16 heavy (non-hydrogen) atoms. The monoisotopic (exact) mass is 261 g/mol. The fraction of sp³-hybridized carbons (Fsp3) is 0.727. The molecule has 1 N–H and O–H groups in total. The zero-order valence-corrected chi connectivity index (χ0v) is 11.7. The first kappa shape index (κ1) is 13.9. The van der Waals surface area contributed by atoms with Gasteiger partial charge in [0.05, 0.1) is 11.2 Å². The number of nitrogens with zero attached hydrogens (tertiary/aromatic N) is 2. The molecule has 0 saturated carbocycles. The van der Waals surface area contributed by atoms with Gasteiger partial charge in [0.15, 0.2) is 0 Å². The van der Waals surface area contributed by atoms with E-state index in [1.807, 2.05) is 5.51 Å². The predicted octanol–water partition coefficient (Wildman–Crippen LogP) is 2.06. The van der Waals surface area contributed by atoms with Crippen molar-refractivity contribution in [2.24, 2.45) is 0 Å². The van der Waals surface area contributed by atoms with Crippen LogP contribution in [0.25, 0.3) is 0 Å². The second-order valence-electron chi connectivity index (χ2n) is 4.39. The third-order valence-electron chi connectivity index (χ3n) is 3.18. The van der Waals surface area contributed by atoms with Crippen molar-refractivity contribution in [3.63, 3.8) is 0 Å². The van der Waals surface area contributed by atoms with Gasteiger partial charge in [-0.15, -0.1) is 23.7 Å². The van der Waals surface area contributed by atoms with Crippen molar-refractivity contribution in [2.75, 3.05) is 13.1 Å². The summed E-state index contributed by atoms with van der Waals surface area (Å²) in [5, 5.41) is 3.45. The Hall–Kier alpha value is -0.160. The minimum Gasteiger partial charge on any atom is -0.314 e. The lowest BCUT2D eigenvalue weighted by atomic mass is 10.1. The predicted molar refractivity (Wildman–Crippen MR) is 71.4 cm³/mol. The van der Waals surface area contributed by atoms with Crippen LogP contribution in [0.4, 0.5) is 0 Å². The molecule has 1 fully saturated rings. The van der Waals surface area contributed by atoms with Gasteiger partial charge in [-0.1, -0.05) is 0 Å². The minimum absolute atomic E-state index is 0. The standard InChI is InChI=1S/C11H19N3S.ClH/c1-8-4-12-5-9(2)14(8)6-11-10(3)13-7-15-11;/h7-9,12H,4-6H2,1-3H3;1H/t8-,9+;. The normalized spacial score (nSPS) is 26.4. The molecule has 0 aliphatic carbocycles. The smallest absolute Gasteiger partial charge is 0.0798 e. The van der Waals surface area contributed by atoms with Crippen molar-refractivity contribution in [3.05, 3.63) is 16.1 Å². The molecular weight excluding hydrogens is 242 g/mol. The van der Waals surface area contributed by atoms with Gasteiger partial charge in [0.2, 0.25) is 0 Å². The highest BCUT2D eigenvalue weighted by Crippen LogP contribution is 2.19. The van der Waals surface area contributed by atoms with Crippen LogP contribution in [0.5, 0.6) is 0 Å². The maximum Gasteiger partial charge on any atom is 0.0798 e. The van der Waals surface area contributed by atoms with E-state index in [0.717, 1.165) is 19.6 Å². The molecule has 2 rings (SSSR count). The summed E-state index contributed by atoms with van der Waals surface area (Å²) in [6, 6.07) is 1.24. The molecule has 0 amide bonds. The molecule has 0 radical (unpaired) electrons. The molecular formula is C11H20ClN3S. The molecule has 1 aromatic rings. The zero-order chi connectivity index (χ0) is 10.8. The lowest BCUT2D eigenvalue weighted by Crippen LogP contribution is -2.54. The van der Waals surface area contributed by atoms with Crippen molar-refractivity contribution in [3.8, 4) is 0 Å². The van der Waals surface area contributed by atoms with Gasteiger partial charge in [-0.25, -0.2) is 4.98 Å². The van der Waals surface area contributed by atoms with Crippen LogP contribution in [-0.2, 0) is 6.54 Å². The van der Waals surface area contributed by atoms with Gasteiger partial charge in [-0.2, -0.15) is 0 Å². The minimum atomic E-state index is 0. The summed E-state index contributed by atoms with van der Waals surface area (Å²) < 4.78 is 0. The van der Waals surface area contributed by atoms with E-state index in [2.05, 4.69) is 36.0 Å². The van der Waals surface area contributed by atoms with Crippen LogP contribution >= 0.6 is 23.7 Å². The molecule has 1 saturated heterocycles. The first-order valence-electron chi connectivity index (χ1n) is 5.54. The Bertz CT molecular complexity index is 319. The summed E-state index contributed by atoms with van der Waals surface area (Å²) in [7, 11) is 0. The molecule has 0 aromatic carbocycles. The maximum atomic E-state index is 4.31. The number of rotatable bonds is 2. The van der Waals surface area contributed by atoms with Crippen molar-refractivity contribution in [2.45, 2.75) is 39.4 Å². The zero-order valence-electron chi connectivity index (χ0n) is 10.1. The van der Waals surface area contributed by atoms with Gasteiger partial charge < -0.3 is 5.32 Å². The van der Waals surface area contributed by atoms with Crippen molar-refractivity contribution < 1.29 is 0 Å². The molecule has 1 aromatic heterocycles. The number of aromatic nitrogens is 1. The first-order valence-corrected chi connectivity index (χ1v) is 6.42. The fourth-order valence-electron chi connectivity index (χ4n) is 2.13. The average molecular weight is 262 g/mol. The number of piperazine rings is 1. The van der Waals surface area contributed by atoms with Crippen LogP contribution in [-0.4, -0.2) is 35.1 Å². The number of hydrogen-bond donors (Lipinski definition) is 1. The number of halogens is 1. The van der Waals surface area contributed by atoms with Crippen LogP contribution in [0.1, 0.15) is 24.4 Å². The number of aryl methyl sites for hydroxylation is 1. The molecule has 0 bridgehead atoms. The summed E-state index contributed by atoms with van der Waals surface area (Å²) in [5.41, 5.74) is 3.14. The fourth-order valence-corrected chi connectivity index (χ4v) is 2.91. The number of nitrogens with one attached hydrogen (secondary N) is 1. The molecule has 0 unspecified atom stereocenters. The number of thiazole rings is 1. The lowest BCUT2D eigenvalue weighted by Gasteiger charge is -2.39. The SMILES string of the molecule is Cc1ncsc1CN1[C@H](C)CNC[C@@H]1C.Cl. The summed E-state index contributed by atoms with van der Waals surface area (Å²) in [4.78, 5) is 8.29. The van der Waals surface area contributed by atoms with Gasteiger partial charge in [-0.05, 0) is 20.8 Å². The Kier molecular flexibility index (Phi) is 5.18. The third kappa shape index (κ3) is 2.94. The Morgan fingerprint density at radius 3 is 2.56 bits per heavy atom. The molecule has 2 heterocycles. The van der Waals surface area contributed by atoms with Crippen LogP contribution in [0, 0.1) is 6.92 Å². The third-order valence-corrected chi connectivity index (χ3v) is 4.10. The topological polar surface area (TPSA) is 28.2 Å². The number of hydrogen-bond acceptors (Lipinski definition) is 4. The Labute approximate surface area is 108 Å². The maximum absolute atomic E-state index is 4.31. The lowest BCUT2D eigenvalue weighted by molar-refractivity contribution is 0.110. The van der Waals surface area contributed by atoms with E-state index in [1.54, 1.807) is 11.3 Å². The molecule has 1 aliphatic rings. The highest BCUT2D eigenvalue weighted by Gasteiger charge is 2.25. The van der Waals surface area contributed by atoms with Gasteiger partial charge in [0.1, 0.15) is 0 Å². The summed E-state index contributed by atoms with van der Waals surface area (Å²) in [6.07, 6.45) is 0. The second-order valence-corrected chi connectivity index (χ2v) is 5.33. The Morgan fingerprint density at radius 2 is 2.06 bits per heavy atom. The van der Waals surface area contributed by atoms with Gasteiger partial charge in [0.25, 0.3) is 0 Å². The van der Waals surface area contributed by atoms with E-state index in [9.17, 15) is 0 Å². The first-order chi connectivity index (χ1) is 7.18. The Balaban J connectivity index is 0.00000128. The van der Waals surface area contributed by atoms with E-state index in [-0.39, 0.29) is 12.4 Å². The molecule has 2 atom stereocenters. The molecule has 3 nitrogen and oxygen atoms in total. The van der Waals surface area contributed by atoms with E-state index >= 15 is 0 Å². The molecule has 0 spiro atoms. The van der Waals surface area contributed by atoms with E-state index in [4.69, 9.17) is 0 Å². The average Bonchev–Trinajstić information content (AvgIpc) is 2.58. The van der Waals surface area contributed by atoms with Crippen LogP contribution in [0.15, 0.2) is 5.51 Å². The second kappa shape index (κ2) is 5.96. The van der Waals surface area contributed by atoms with Crippen molar-refractivity contribution in [1.29, 1.82) is 0 Å². The van der Waals surface area contributed by atoms with Crippen molar-refractivity contribution in [1.82, 2.24) is 15.2 Å². The van der Waals surface area contributed by atoms with Gasteiger partial charge >= 0.3 is 0 Å². The summed E-state index contributed by atoms with van der Waals surface area (Å²) in [5.74, 6) is 0. The largest absolute Gasteiger partial charge is 0.314 e. The van der Waals surface area contributed by atoms with E-state index < -0.39 is 0 Å². The van der Waals surface area contributed by atoms with Gasteiger partial charge in [-0.3, -0.25) is 4.90 Å². The highest BCUT2D eigenvalue weighted by atomic mass is 35.5. The van der Waals surface area contributed by atoms with Crippen LogP contribution in [0.3, 0.4) is 0 Å². The molecule has 92 valence electrons. The van der Waals surface area contributed by atoms with Crippen LogP contribution < -0.4 is 5.32 Å². The quantitative estimate of drug-likeness (QED) is 0.883. The Morgan fingerprint density at radius 1 is 1.44 bits per heavy atom. The van der Waals surface area contributed by atoms with Crippen molar-refractivity contribution >= 4 is 23.7 Å². The summed E-state index contributed by atoms with van der Waals surface area (Å²) >= 11 is 1.77. The highest BCUT2D eigenvalue weighted by molar-refractivity contribution is 7.09. The van der Waals surface area contributed by atoms with Crippen LogP contribution in [0.2, 0.25) is 0 Å².